The van der Waals surface area contributed by atoms with Crippen molar-refractivity contribution in [3.63, 3.8) is 0 Å². The van der Waals surface area contributed by atoms with Crippen LogP contribution in [0, 0.1) is 0 Å². The number of amides is 3. The number of anilines is 2. The highest BCUT2D eigenvalue weighted by Gasteiger charge is 2.34. The van der Waals surface area contributed by atoms with E-state index in [1.54, 1.807) is 32.9 Å². The lowest BCUT2D eigenvalue weighted by Crippen LogP contribution is -2.50. The van der Waals surface area contributed by atoms with Crippen LogP contribution in [0.15, 0.2) is 18.2 Å². The van der Waals surface area contributed by atoms with E-state index in [-0.39, 0.29) is 12.5 Å². The van der Waals surface area contributed by atoms with Crippen molar-refractivity contribution in [2.24, 2.45) is 0 Å². The highest BCUT2D eigenvalue weighted by molar-refractivity contribution is 5.92. The molecular weight excluding hydrogens is 378 g/mol. The van der Waals surface area contributed by atoms with Crippen LogP contribution in [-0.2, 0) is 9.53 Å². The van der Waals surface area contributed by atoms with E-state index in [9.17, 15) is 19.5 Å². The minimum atomic E-state index is -1.13. The predicted molar refractivity (Wildman–Crippen MR) is 109 cm³/mol. The Bertz CT molecular complexity index is 800. The van der Waals surface area contributed by atoms with Crippen molar-refractivity contribution >= 4 is 29.5 Å². The van der Waals surface area contributed by atoms with Gasteiger partial charge in [-0.25, -0.2) is 9.59 Å². The maximum atomic E-state index is 12.0. The van der Waals surface area contributed by atoms with Crippen LogP contribution in [0.4, 0.5) is 21.0 Å². The zero-order valence-corrected chi connectivity index (χ0v) is 17.7. The second-order valence-corrected chi connectivity index (χ2v) is 8.71. The van der Waals surface area contributed by atoms with Gasteiger partial charge in [0.15, 0.2) is 0 Å². The summed E-state index contributed by atoms with van der Waals surface area (Å²) in [6, 6.07) is 4.75. The Kier molecular flexibility index (Phi) is 6.30. The van der Waals surface area contributed by atoms with Gasteiger partial charge in [-0.05, 0) is 52.8 Å². The van der Waals surface area contributed by atoms with Crippen LogP contribution < -0.4 is 20.3 Å². The summed E-state index contributed by atoms with van der Waals surface area (Å²) < 4.78 is 11.2. The number of carbonyl (C=O) groups excluding carboxylic acids is 2. The third-order valence-corrected chi connectivity index (χ3v) is 4.06. The monoisotopic (exact) mass is 407 g/mol. The quantitative estimate of drug-likeness (QED) is 0.702. The first kappa shape index (κ1) is 22.3. The molecule has 1 aromatic carbocycles. The van der Waals surface area contributed by atoms with E-state index in [1.165, 1.54) is 17.9 Å². The highest BCUT2D eigenvalue weighted by Crippen LogP contribution is 2.37. The van der Waals surface area contributed by atoms with E-state index >= 15 is 0 Å². The Labute approximate surface area is 170 Å². The molecule has 0 bridgehead atoms. The summed E-state index contributed by atoms with van der Waals surface area (Å²) in [6.07, 6.45) is -1.78. The number of nitrogens with one attached hydrogen (secondary N) is 2. The van der Waals surface area contributed by atoms with E-state index in [4.69, 9.17) is 9.47 Å². The first-order valence-electron chi connectivity index (χ1n) is 9.36. The van der Waals surface area contributed by atoms with Gasteiger partial charge in [-0.1, -0.05) is 0 Å². The molecule has 0 aliphatic carbocycles. The molecule has 1 heterocycles. The number of nitrogens with zero attached hydrogens (tertiary/aromatic N) is 1. The molecule has 29 heavy (non-hydrogen) atoms. The molecule has 1 aromatic rings. The molecule has 1 aliphatic heterocycles. The lowest BCUT2D eigenvalue weighted by molar-refractivity contribution is -0.120. The fraction of sp³-hybridized carbons (Fsp3) is 0.550. The van der Waals surface area contributed by atoms with Crippen LogP contribution >= 0.6 is 0 Å². The van der Waals surface area contributed by atoms with Crippen molar-refractivity contribution in [2.45, 2.75) is 65.2 Å². The minimum Gasteiger partial charge on any atom is -0.486 e. The van der Waals surface area contributed by atoms with Gasteiger partial charge in [-0.2, -0.15) is 0 Å². The van der Waals surface area contributed by atoms with Crippen LogP contribution in [0.2, 0.25) is 0 Å². The van der Waals surface area contributed by atoms with Gasteiger partial charge >= 0.3 is 12.2 Å². The lowest BCUT2D eigenvalue weighted by Gasteiger charge is -2.37. The molecule has 9 nitrogen and oxygen atoms in total. The smallest absolute Gasteiger partial charge is 0.412 e. The van der Waals surface area contributed by atoms with E-state index in [0.717, 1.165) is 0 Å². The summed E-state index contributed by atoms with van der Waals surface area (Å²) in [4.78, 5) is 36.4. The zero-order chi connectivity index (χ0) is 22.0. The summed E-state index contributed by atoms with van der Waals surface area (Å²) in [6.45, 7) is 10.5. The predicted octanol–water partition coefficient (Wildman–Crippen LogP) is 3.58. The lowest BCUT2D eigenvalue weighted by atomic mass is 9.95. The zero-order valence-electron chi connectivity index (χ0n) is 17.7. The molecule has 0 saturated carbocycles. The molecule has 1 aliphatic rings. The number of hydrogen-bond donors (Lipinski definition) is 3. The van der Waals surface area contributed by atoms with Crippen LogP contribution in [0.3, 0.4) is 0 Å². The molecule has 0 spiro atoms. The van der Waals surface area contributed by atoms with Gasteiger partial charge in [0.05, 0.1) is 12.2 Å². The van der Waals surface area contributed by atoms with Crippen LogP contribution in [0.1, 0.15) is 48.0 Å². The Morgan fingerprint density at radius 3 is 2.45 bits per heavy atom. The van der Waals surface area contributed by atoms with E-state index < -0.39 is 29.4 Å². The molecule has 1 unspecified atom stereocenters. The molecule has 1 atom stereocenters. The van der Waals surface area contributed by atoms with Gasteiger partial charge in [0.2, 0.25) is 5.91 Å². The van der Waals surface area contributed by atoms with Gasteiger partial charge in [0, 0.05) is 24.6 Å². The molecule has 9 heteroatoms. The fourth-order valence-electron chi connectivity index (χ4n) is 3.23. The first-order valence-corrected chi connectivity index (χ1v) is 9.36. The van der Waals surface area contributed by atoms with E-state index in [2.05, 4.69) is 10.6 Å². The molecule has 3 N–H and O–H groups in total. The third-order valence-electron chi connectivity index (χ3n) is 4.06. The standard InChI is InChI=1S/C20H29N3O6/c1-12(24)22-20(5,6)10-14-11-23(18(26)27)15-9-13(7-8-16(15)28-14)21-17(25)29-19(2,3)4/h7-9,14H,10-11H2,1-6H3,(H,21,25)(H,22,24)(H,26,27). The van der Waals surface area contributed by atoms with Crippen molar-refractivity contribution in [1.82, 2.24) is 5.32 Å². The highest BCUT2D eigenvalue weighted by atomic mass is 16.6. The largest absolute Gasteiger partial charge is 0.486 e. The van der Waals surface area contributed by atoms with Crippen LogP contribution in [0.5, 0.6) is 5.75 Å². The van der Waals surface area contributed by atoms with Gasteiger partial charge in [-0.15, -0.1) is 0 Å². The summed E-state index contributed by atoms with van der Waals surface area (Å²) in [5.74, 6) is 0.219. The summed E-state index contributed by atoms with van der Waals surface area (Å²) in [5, 5.41) is 15.1. The maximum Gasteiger partial charge on any atom is 0.412 e. The maximum absolute atomic E-state index is 12.0. The summed E-state index contributed by atoms with van der Waals surface area (Å²) in [7, 11) is 0. The Morgan fingerprint density at radius 1 is 1.24 bits per heavy atom. The second-order valence-electron chi connectivity index (χ2n) is 8.71. The molecule has 0 radical (unpaired) electrons. The van der Waals surface area contributed by atoms with Gasteiger partial charge in [0.25, 0.3) is 0 Å². The molecule has 2 rings (SSSR count). The second kappa shape index (κ2) is 8.18. The van der Waals surface area contributed by atoms with Crippen molar-refractivity contribution < 1.29 is 29.0 Å². The first-order chi connectivity index (χ1) is 13.3. The molecule has 160 valence electrons. The van der Waals surface area contributed by atoms with E-state index in [0.29, 0.717) is 23.5 Å². The fourth-order valence-corrected chi connectivity index (χ4v) is 3.23. The number of carbonyl (C=O) groups is 3. The summed E-state index contributed by atoms with van der Waals surface area (Å²) in [5.41, 5.74) is -0.483. The number of rotatable bonds is 4. The van der Waals surface area contributed by atoms with Gasteiger partial charge in [-0.3, -0.25) is 15.0 Å². The normalized spacial score (nSPS) is 16.3. The number of hydrogen-bond acceptors (Lipinski definition) is 5. The van der Waals surface area contributed by atoms with Gasteiger partial charge in [0.1, 0.15) is 17.5 Å². The number of benzene rings is 1. The number of fused-ring (bicyclic) bond motifs is 1. The topological polar surface area (TPSA) is 117 Å². The Hall–Kier alpha value is -2.97. The molecule has 0 saturated heterocycles. The Morgan fingerprint density at radius 2 is 1.90 bits per heavy atom. The van der Waals surface area contributed by atoms with Crippen molar-refractivity contribution in [3.05, 3.63) is 18.2 Å². The molecule has 0 fully saturated rings. The molecule has 0 aromatic heterocycles. The SMILES string of the molecule is CC(=O)NC(C)(C)CC1CN(C(=O)O)c2cc(NC(=O)OC(C)(C)C)ccc2O1. The van der Waals surface area contributed by atoms with Crippen molar-refractivity contribution in [2.75, 3.05) is 16.8 Å². The molecular formula is C20H29N3O6. The van der Waals surface area contributed by atoms with Crippen molar-refractivity contribution in [1.29, 1.82) is 0 Å². The third kappa shape index (κ3) is 6.55. The summed E-state index contributed by atoms with van der Waals surface area (Å²) >= 11 is 0. The van der Waals surface area contributed by atoms with Crippen LogP contribution in [0.25, 0.3) is 0 Å². The number of ether oxygens (including phenoxy) is 2. The average Bonchev–Trinajstić information content (AvgIpc) is 2.50. The van der Waals surface area contributed by atoms with Crippen LogP contribution in [-0.4, -0.2) is 47.0 Å². The van der Waals surface area contributed by atoms with E-state index in [1.807, 2.05) is 13.8 Å². The molecule has 3 amide bonds. The average molecular weight is 407 g/mol. The van der Waals surface area contributed by atoms with Crippen molar-refractivity contribution in [3.8, 4) is 5.75 Å². The number of carboxylic acid groups (broad SMARTS) is 1. The van der Waals surface area contributed by atoms with Gasteiger partial charge < -0.3 is 19.9 Å². The minimum absolute atomic E-state index is 0.0985. The Balaban J connectivity index is 2.20.